The molecule has 0 aromatic heterocycles. The third-order valence-electron chi connectivity index (χ3n) is 2.58. The number of sulfone groups is 1. The molecule has 4 heteroatoms. The summed E-state index contributed by atoms with van der Waals surface area (Å²) in [5, 5.41) is 0. The van der Waals surface area contributed by atoms with Gasteiger partial charge in [-0.3, -0.25) is 0 Å². The quantitative estimate of drug-likeness (QED) is 0.860. The fraction of sp³-hybridized carbons (Fsp3) is 0.500. The summed E-state index contributed by atoms with van der Waals surface area (Å²) in [7, 11) is -3.10. The van der Waals surface area contributed by atoms with Gasteiger partial charge >= 0.3 is 0 Å². The second kappa shape index (κ2) is 5.46. The molecular weight excluding hydrogens is 222 g/mol. The van der Waals surface area contributed by atoms with E-state index in [0.717, 1.165) is 12.0 Å². The van der Waals surface area contributed by atoms with Crippen molar-refractivity contribution in [2.24, 2.45) is 5.73 Å². The van der Waals surface area contributed by atoms with Crippen molar-refractivity contribution in [2.45, 2.75) is 37.6 Å². The van der Waals surface area contributed by atoms with Gasteiger partial charge in [0.1, 0.15) is 0 Å². The van der Waals surface area contributed by atoms with Gasteiger partial charge in [0.2, 0.25) is 0 Å². The summed E-state index contributed by atoms with van der Waals surface area (Å²) in [6.07, 6.45) is 1.49. The molecule has 1 atom stereocenters. The van der Waals surface area contributed by atoms with E-state index in [1.54, 1.807) is 24.3 Å². The second-order valence-electron chi connectivity index (χ2n) is 3.90. The van der Waals surface area contributed by atoms with Gasteiger partial charge in [-0.05, 0) is 30.5 Å². The van der Waals surface area contributed by atoms with Crippen molar-refractivity contribution < 1.29 is 8.42 Å². The minimum atomic E-state index is -3.10. The number of hydrogen-bond donors (Lipinski definition) is 1. The van der Waals surface area contributed by atoms with Crippen LogP contribution in [-0.4, -0.2) is 14.2 Å². The summed E-state index contributed by atoms with van der Waals surface area (Å²) in [5.41, 5.74) is 6.85. The molecule has 0 saturated heterocycles. The van der Waals surface area contributed by atoms with E-state index < -0.39 is 9.84 Å². The molecule has 90 valence electrons. The first-order valence-corrected chi connectivity index (χ1v) is 7.24. The normalized spacial score (nSPS) is 13.7. The van der Waals surface area contributed by atoms with Gasteiger partial charge in [-0.25, -0.2) is 8.42 Å². The zero-order valence-electron chi connectivity index (χ0n) is 9.81. The van der Waals surface area contributed by atoms with E-state index in [9.17, 15) is 8.42 Å². The van der Waals surface area contributed by atoms with E-state index in [1.165, 1.54) is 0 Å². The average Bonchev–Trinajstić information content (AvgIpc) is 2.28. The molecule has 0 aliphatic heterocycles. The van der Waals surface area contributed by atoms with Crippen LogP contribution in [0.4, 0.5) is 0 Å². The van der Waals surface area contributed by atoms with Gasteiger partial charge in [-0.1, -0.05) is 26.0 Å². The van der Waals surface area contributed by atoms with Gasteiger partial charge in [0, 0.05) is 6.04 Å². The van der Waals surface area contributed by atoms with Gasteiger partial charge in [0.05, 0.1) is 10.6 Å². The zero-order chi connectivity index (χ0) is 12.2. The maximum atomic E-state index is 11.8. The first-order valence-electron chi connectivity index (χ1n) is 5.59. The Kier molecular flexibility index (Phi) is 4.50. The summed E-state index contributed by atoms with van der Waals surface area (Å²) >= 11 is 0. The Bertz CT molecular complexity index is 423. The maximum absolute atomic E-state index is 11.8. The van der Waals surface area contributed by atoms with E-state index in [-0.39, 0.29) is 11.8 Å². The first-order chi connectivity index (χ1) is 7.51. The highest BCUT2D eigenvalue weighted by Gasteiger charge is 2.13. The minimum Gasteiger partial charge on any atom is -0.324 e. The first kappa shape index (κ1) is 13.2. The second-order valence-corrected chi connectivity index (χ2v) is 6.01. The molecule has 0 heterocycles. The molecule has 16 heavy (non-hydrogen) atoms. The lowest BCUT2D eigenvalue weighted by molar-refractivity contribution is 0.594. The number of hydrogen-bond acceptors (Lipinski definition) is 3. The van der Waals surface area contributed by atoms with Crippen molar-refractivity contribution in [3.8, 4) is 0 Å². The van der Waals surface area contributed by atoms with Crippen LogP contribution in [0, 0.1) is 0 Å². The average molecular weight is 241 g/mol. The summed E-state index contributed by atoms with van der Waals surface area (Å²) in [6.45, 7) is 3.87. The Hall–Kier alpha value is -0.870. The van der Waals surface area contributed by atoms with Crippen LogP contribution in [0.2, 0.25) is 0 Å². The van der Waals surface area contributed by atoms with Gasteiger partial charge < -0.3 is 5.73 Å². The van der Waals surface area contributed by atoms with Crippen LogP contribution in [0.25, 0.3) is 0 Å². The third kappa shape index (κ3) is 3.06. The standard InChI is InChI=1S/C12H19NO2S/c1-3-9-16(14,15)11-7-5-10(6-8-11)12(13)4-2/h5-8,12H,3-4,9,13H2,1-2H3. The van der Waals surface area contributed by atoms with Crippen LogP contribution in [0.3, 0.4) is 0 Å². The molecule has 0 aliphatic carbocycles. The van der Waals surface area contributed by atoms with E-state index in [0.29, 0.717) is 11.3 Å². The smallest absolute Gasteiger partial charge is 0.178 e. The highest BCUT2D eigenvalue weighted by Crippen LogP contribution is 2.18. The largest absolute Gasteiger partial charge is 0.324 e. The minimum absolute atomic E-state index is 0.0112. The lowest BCUT2D eigenvalue weighted by Crippen LogP contribution is -2.10. The summed E-state index contributed by atoms with van der Waals surface area (Å²) in [6, 6.07) is 6.89. The predicted molar refractivity (Wildman–Crippen MR) is 66.0 cm³/mol. The van der Waals surface area contributed by atoms with Crippen molar-refractivity contribution in [3.05, 3.63) is 29.8 Å². The number of nitrogens with two attached hydrogens (primary N) is 1. The molecule has 0 saturated carbocycles. The van der Waals surface area contributed by atoms with Crippen LogP contribution in [0.1, 0.15) is 38.3 Å². The van der Waals surface area contributed by atoms with E-state index >= 15 is 0 Å². The van der Waals surface area contributed by atoms with Crippen molar-refractivity contribution in [3.63, 3.8) is 0 Å². The van der Waals surface area contributed by atoms with Crippen molar-refractivity contribution in [2.75, 3.05) is 5.75 Å². The van der Waals surface area contributed by atoms with Crippen LogP contribution >= 0.6 is 0 Å². The third-order valence-corrected chi connectivity index (χ3v) is 4.52. The Morgan fingerprint density at radius 2 is 1.75 bits per heavy atom. The van der Waals surface area contributed by atoms with Crippen LogP contribution < -0.4 is 5.73 Å². The molecule has 1 aromatic rings. The molecule has 3 nitrogen and oxygen atoms in total. The Morgan fingerprint density at radius 3 is 2.19 bits per heavy atom. The molecule has 0 amide bonds. The zero-order valence-corrected chi connectivity index (χ0v) is 10.6. The molecule has 0 fully saturated rings. The molecule has 2 N–H and O–H groups in total. The molecule has 1 unspecified atom stereocenters. The summed E-state index contributed by atoms with van der Waals surface area (Å²) in [5.74, 6) is 0.201. The maximum Gasteiger partial charge on any atom is 0.178 e. The van der Waals surface area contributed by atoms with E-state index in [1.807, 2.05) is 13.8 Å². The predicted octanol–water partition coefficient (Wildman–Crippen LogP) is 2.28. The van der Waals surface area contributed by atoms with Gasteiger partial charge in [-0.15, -0.1) is 0 Å². The van der Waals surface area contributed by atoms with E-state index in [2.05, 4.69) is 0 Å². The Balaban J connectivity index is 2.95. The number of rotatable bonds is 5. The topological polar surface area (TPSA) is 60.2 Å². The fourth-order valence-electron chi connectivity index (χ4n) is 1.54. The highest BCUT2D eigenvalue weighted by atomic mass is 32.2. The lowest BCUT2D eigenvalue weighted by atomic mass is 10.1. The molecule has 1 rings (SSSR count). The Labute approximate surface area is 97.6 Å². The van der Waals surface area contributed by atoms with Crippen LogP contribution in [-0.2, 0) is 9.84 Å². The lowest BCUT2D eigenvalue weighted by Gasteiger charge is -2.10. The van der Waals surface area contributed by atoms with Crippen LogP contribution in [0.5, 0.6) is 0 Å². The van der Waals surface area contributed by atoms with E-state index in [4.69, 9.17) is 5.73 Å². The van der Waals surface area contributed by atoms with Crippen molar-refractivity contribution in [1.82, 2.24) is 0 Å². The van der Waals surface area contributed by atoms with Crippen molar-refractivity contribution >= 4 is 9.84 Å². The Morgan fingerprint density at radius 1 is 1.19 bits per heavy atom. The monoisotopic (exact) mass is 241 g/mol. The van der Waals surface area contributed by atoms with Crippen molar-refractivity contribution in [1.29, 1.82) is 0 Å². The summed E-state index contributed by atoms with van der Waals surface area (Å²) < 4.78 is 23.5. The van der Waals surface area contributed by atoms with Crippen LogP contribution in [0.15, 0.2) is 29.2 Å². The summed E-state index contributed by atoms with van der Waals surface area (Å²) in [4.78, 5) is 0.390. The van der Waals surface area contributed by atoms with Gasteiger partial charge in [0.25, 0.3) is 0 Å². The molecule has 0 radical (unpaired) electrons. The molecule has 0 spiro atoms. The van der Waals surface area contributed by atoms with Gasteiger partial charge in [0.15, 0.2) is 9.84 Å². The van der Waals surface area contributed by atoms with Gasteiger partial charge in [-0.2, -0.15) is 0 Å². The number of benzene rings is 1. The molecule has 1 aromatic carbocycles. The fourth-order valence-corrected chi connectivity index (χ4v) is 2.87. The highest BCUT2D eigenvalue weighted by molar-refractivity contribution is 7.91. The molecule has 0 bridgehead atoms. The molecule has 0 aliphatic rings. The SMILES string of the molecule is CCCS(=O)(=O)c1ccc(C(N)CC)cc1. The molecular formula is C12H19NO2S.